The molecule has 1 aromatic carbocycles. The zero-order valence-corrected chi connectivity index (χ0v) is 18.4. The monoisotopic (exact) mass is 466 g/mol. The van der Waals surface area contributed by atoms with E-state index in [-0.39, 0.29) is 17.1 Å². The lowest BCUT2D eigenvalue weighted by molar-refractivity contribution is -0.0512. The Bertz CT molecular complexity index is 1240. The van der Waals surface area contributed by atoms with Gasteiger partial charge in [-0.3, -0.25) is 9.36 Å². The summed E-state index contributed by atoms with van der Waals surface area (Å²) in [6.45, 7) is -2.92. The average molecular weight is 467 g/mol. The van der Waals surface area contributed by atoms with Gasteiger partial charge in [0.25, 0.3) is 5.56 Å². The Labute approximate surface area is 182 Å². The second-order valence-corrected chi connectivity index (χ2v) is 8.97. The van der Waals surface area contributed by atoms with E-state index < -0.39 is 6.61 Å². The van der Waals surface area contributed by atoms with Gasteiger partial charge in [-0.25, -0.2) is 4.98 Å². The Hall–Kier alpha value is -2.43. The molecule has 0 amide bonds. The minimum atomic E-state index is -2.92. The Balaban J connectivity index is 1.61. The van der Waals surface area contributed by atoms with E-state index in [2.05, 4.69) is 9.72 Å². The van der Waals surface area contributed by atoms with Crippen LogP contribution in [0.25, 0.3) is 20.7 Å². The number of nitrogens with zero attached hydrogens (tertiary/aromatic N) is 2. The minimum Gasteiger partial charge on any atom is -0.493 e. The lowest BCUT2D eigenvalue weighted by atomic mass is 10.2. The van der Waals surface area contributed by atoms with Gasteiger partial charge in [-0.15, -0.1) is 22.7 Å². The number of halogens is 2. The normalized spacial score (nSPS) is 11.4. The van der Waals surface area contributed by atoms with E-state index in [1.807, 2.05) is 22.9 Å². The summed E-state index contributed by atoms with van der Waals surface area (Å²) in [6.07, 6.45) is 0. The van der Waals surface area contributed by atoms with Crippen LogP contribution in [0.15, 0.2) is 51.0 Å². The van der Waals surface area contributed by atoms with Crippen LogP contribution in [0.5, 0.6) is 11.5 Å². The number of hydrogen-bond acceptors (Lipinski definition) is 7. The molecule has 156 valence electrons. The highest BCUT2D eigenvalue weighted by Gasteiger charge is 2.17. The van der Waals surface area contributed by atoms with Crippen molar-refractivity contribution in [1.29, 1.82) is 0 Å². The largest absolute Gasteiger partial charge is 0.493 e. The van der Waals surface area contributed by atoms with Gasteiger partial charge in [0.1, 0.15) is 4.83 Å². The molecule has 0 aliphatic rings. The third kappa shape index (κ3) is 4.07. The van der Waals surface area contributed by atoms with Crippen LogP contribution < -0.4 is 15.0 Å². The van der Waals surface area contributed by atoms with Crippen LogP contribution in [0.2, 0.25) is 0 Å². The maximum atomic E-state index is 13.0. The summed E-state index contributed by atoms with van der Waals surface area (Å²) in [6, 6.07) is 8.72. The number of methoxy groups -OCH3 is 1. The van der Waals surface area contributed by atoms with Crippen molar-refractivity contribution in [2.45, 2.75) is 17.5 Å². The number of benzene rings is 1. The summed E-state index contributed by atoms with van der Waals surface area (Å²) in [5.74, 6) is 0.692. The first-order chi connectivity index (χ1) is 14.5. The number of ether oxygens (including phenoxy) is 2. The van der Waals surface area contributed by atoms with E-state index >= 15 is 0 Å². The van der Waals surface area contributed by atoms with Crippen LogP contribution >= 0.6 is 34.4 Å². The van der Waals surface area contributed by atoms with Crippen LogP contribution in [-0.4, -0.2) is 23.3 Å². The number of thioether (sulfide) groups is 1. The molecule has 3 heterocycles. The molecule has 3 aromatic heterocycles. The number of thiophene rings is 2. The van der Waals surface area contributed by atoms with E-state index in [0.717, 1.165) is 16.0 Å². The fourth-order valence-corrected chi connectivity index (χ4v) is 5.66. The first-order valence-corrected chi connectivity index (χ1v) is 11.5. The van der Waals surface area contributed by atoms with Crippen molar-refractivity contribution in [1.82, 2.24) is 9.55 Å². The summed E-state index contributed by atoms with van der Waals surface area (Å²) >= 11 is 4.42. The van der Waals surface area contributed by atoms with Crippen LogP contribution in [-0.2, 0) is 12.8 Å². The van der Waals surface area contributed by atoms with Crippen molar-refractivity contribution in [2.75, 3.05) is 7.11 Å². The molecule has 0 unspecified atom stereocenters. The highest BCUT2D eigenvalue weighted by Crippen LogP contribution is 2.35. The number of fused-ring (bicyclic) bond motifs is 1. The smallest absolute Gasteiger partial charge is 0.387 e. The van der Waals surface area contributed by atoms with Crippen molar-refractivity contribution in [3.8, 4) is 21.9 Å². The summed E-state index contributed by atoms with van der Waals surface area (Å²) in [5.41, 5.74) is 1.65. The maximum absolute atomic E-state index is 13.0. The van der Waals surface area contributed by atoms with Crippen molar-refractivity contribution in [3.05, 3.63) is 57.0 Å². The number of alkyl halides is 2. The van der Waals surface area contributed by atoms with Gasteiger partial charge in [-0.05, 0) is 29.1 Å². The molecule has 30 heavy (non-hydrogen) atoms. The second kappa shape index (κ2) is 8.75. The second-order valence-electron chi connectivity index (χ2n) is 6.22. The molecule has 10 heteroatoms. The van der Waals surface area contributed by atoms with Gasteiger partial charge in [0.2, 0.25) is 0 Å². The molecule has 0 fully saturated rings. The molecule has 0 saturated carbocycles. The molecular formula is C20H16F2N2O3S3. The van der Waals surface area contributed by atoms with Crippen molar-refractivity contribution >= 4 is 44.7 Å². The fraction of sp³-hybridized carbons (Fsp3) is 0.200. The molecule has 0 atom stereocenters. The first kappa shape index (κ1) is 20.8. The Morgan fingerprint density at radius 1 is 1.23 bits per heavy atom. The number of aromatic nitrogens is 2. The molecule has 0 radical (unpaired) electrons. The molecule has 4 aromatic rings. The van der Waals surface area contributed by atoms with Crippen molar-refractivity contribution in [2.24, 2.45) is 7.05 Å². The first-order valence-electron chi connectivity index (χ1n) is 8.74. The van der Waals surface area contributed by atoms with Gasteiger partial charge >= 0.3 is 6.61 Å². The molecule has 0 N–H and O–H groups in total. The SMILES string of the molecule is COc1cc(CSc2nc3scc(-c4cccs4)c3c(=O)n2C)ccc1OC(F)F. The van der Waals surface area contributed by atoms with Crippen LogP contribution in [0.4, 0.5) is 8.78 Å². The van der Waals surface area contributed by atoms with E-state index in [1.54, 1.807) is 35.1 Å². The molecule has 0 aliphatic heterocycles. The predicted molar refractivity (Wildman–Crippen MR) is 117 cm³/mol. The summed E-state index contributed by atoms with van der Waals surface area (Å²) in [5, 5.41) is 5.15. The highest BCUT2D eigenvalue weighted by atomic mass is 32.2. The lowest BCUT2D eigenvalue weighted by Crippen LogP contribution is -2.19. The van der Waals surface area contributed by atoms with Crippen LogP contribution in [0.1, 0.15) is 5.56 Å². The van der Waals surface area contributed by atoms with E-state index in [0.29, 0.717) is 21.1 Å². The van der Waals surface area contributed by atoms with Crippen molar-refractivity contribution in [3.63, 3.8) is 0 Å². The molecule has 5 nitrogen and oxygen atoms in total. The van der Waals surface area contributed by atoms with Gasteiger partial charge in [-0.2, -0.15) is 8.78 Å². The summed E-state index contributed by atoms with van der Waals surface area (Å²) in [7, 11) is 3.10. The fourth-order valence-electron chi connectivity index (χ4n) is 2.94. The summed E-state index contributed by atoms with van der Waals surface area (Å²) < 4.78 is 36.1. The molecule has 0 spiro atoms. The van der Waals surface area contributed by atoms with Crippen LogP contribution in [0, 0.1) is 0 Å². The number of hydrogen-bond donors (Lipinski definition) is 0. The molecule has 4 rings (SSSR count). The third-order valence-corrected chi connectivity index (χ3v) is 7.25. The van der Waals surface area contributed by atoms with Gasteiger partial charge in [-0.1, -0.05) is 23.9 Å². The highest BCUT2D eigenvalue weighted by molar-refractivity contribution is 7.98. The van der Waals surface area contributed by atoms with E-state index in [1.165, 1.54) is 36.3 Å². The Morgan fingerprint density at radius 3 is 2.77 bits per heavy atom. The minimum absolute atomic E-state index is 0.0205. The molecule has 0 saturated heterocycles. The zero-order chi connectivity index (χ0) is 21.3. The lowest BCUT2D eigenvalue weighted by Gasteiger charge is -2.12. The predicted octanol–water partition coefficient (Wildman–Crippen LogP) is 5.63. The van der Waals surface area contributed by atoms with Gasteiger partial charge < -0.3 is 9.47 Å². The third-order valence-electron chi connectivity index (χ3n) is 4.37. The van der Waals surface area contributed by atoms with E-state index in [9.17, 15) is 13.6 Å². The van der Waals surface area contributed by atoms with Crippen molar-refractivity contribution < 1.29 is 18.3 Å². The topological polar surface area (TPSA) is 53.3 Å². The molecule has 0 bridgehead atoms. The van der Waals surface area contributed by atoms with Gasteiger partial charge in [0, 0.05) is 28.6 Å². The quantitative estimate of drug-likeness (QED) is 0.261. The summed E-state index contributed by atoms with van der Waals surface area (Å²) in [4.78, 5) is 19.4. The van der Waals surface area contributed by atoms with Crippen LogP contribution in [0.3, 0.4) is 0 Å². The number of rotatable bonds is 7. The van der Waals surface area contributed by atoms with E-state index in [4.69, 9.17) is 4.74 Å². The molecule has 0 aliphatic carbocycles. The van der Waals surface area contributed by atoms with Gasteiger partial charge in [0.15, 0.2) is 16.7 Å². The zero-order valence-electron chi connectivity index (χ0n) is 15.9. The Morgan fingerprint density at radius 2 is 2.07 bits per heavy atom. The standard InChI is InChI=1S/C20H16F2N2O3S3/c1-24-18(25)16-12(15-4-3-7-28-15)10-29-17(16)23-20(24)30-9-11-5-6-13(27-19(21)22)14(8-11)26-2/h3-8,10,19H,9H2,1-2H3. The average Bonchev–Trinajstić information content (AvgIpc) is 3.39. The molecular weight excluding hydrogens is 450 g/mol. The Kier molecular flexibility index (Phi) is 6.07. The maximum Gasteiger partial charge on any atom is 0.387 e. The van der Waals surface area contributed by atoms with Gasteiger partial charge in [0.05, 0.1) is 12.5 Å².